The number of likely N-dealkylation sites (tertiary alicyclic amines) is 1. The summed E-state index contributed by atoms with van der Waals surface area (Å²) in [6.07, 6.45) is 6.20. The Morgan fingerprint density at radius 1 is 0.909 bits per heavy atom. The number of carbonyl (C=O) groups is 2. The second-order valence-electron chi connectivity index (χ2n) is 20.4. The van der Waals surface area contributed by atoms with Crippen molar-refractivity contribution in [1.82, 2.24) is 40.5 Å². The van der Waals surface area contributed by atoms with Crippen LogP contribution in [-0.2, 0) is 16.1 Å². The van der Waals surface area contributed by atoms with Crippen LogP contribution in [0.5, 0.6) is 23.3 Å². The third kappa shape index (κ3) is 11.2. The number of nitrogen functional groups attached to an aromatic ring is 1. The van der Waals surface area contributed by atoms with Crippen molar-refractivity contribution >= 4 is 40.3 Å². The fourth-order valence-electron chi connectivity index (χ4n) is 10.8. The number of pyridine rings is 2. The topological polar surface area (TPSA) is 241 Å². The standard InChI is InChI=1S/C57H59N11O8S/c1-33(2)53(57(72)67-31-41(69)22-48(67)56(71)61-27-35-10-12-36(13-11-35)54-34(3)62-32-77-54)50-26-52(65-76-50)73-20-6-7-37-14-17-42(28-60-37)74-43-23-44(24-43)75-51-21-38(18-19-59-51)68-39-15-16-40(68)30-66(29-39)47-25-46(63-64-55(47)58)45-8-4-5-9-49(45)70/h4-5,8-14,17-19,21,25-26,28,32-33,39-41,43-44,48,53,69-70H,15-16,20,22-24,27,29-31H2,1-3H3,(H2,58,64)(H,61,71)/t39?,40?,41-,43?,44?,48+,53-/m1/s1. The van der Waals surface area contributed by atoms with E-state index in [0.717, 1.165) is 59.0 Å². The number of aryl methyl sites for hydroxylation is 1. The summed E-state index contributed by atoms with van der Waals surface area (Å²) in [5.74, 6) is 6.48. The lowest BCUT2D eigenvalue weighted by Crippen LogP contribution is -2.54. The number of aromatic nitrogens is 6. The molecule has 77 heavy (non-hydrogen) atoms. The summed E-state index contributed by atoms with van der Waals surface area (Å²) in [6.45, 7) is 7.58. The number of nitrogens with two attached hydrogens (primary N) is 1. The number of rotatable bonds is 16. The number of anilines is 3. The molecule has 2 unspecified atom stereocenters. The maximum absolute atomic E-state index is 14.1. The normalized spacial score (nSPS) is 21.0. The number of β-amino-alcohol motifs (C(OH)–C–C–N with tert-alkyl or cyclic N) is 1. The van der Waals surface area contributed by atoms with E-state index in [4.69, 9.17) is 24.5 Å². The Labute approximate surface area is 449 Å². The molecule has 11 rings (SSSR count). The number of aliphatic hydroxyl groups is 1. The molecule has 20 heteroatoms. The summed E-state index contributed by atoms with van der Waals surface area (Å²) >= 11 is 1.58. The fraction of sp³-hybridized carbons (Fsp3) is 0.368. The first-order valence-corrected chi connectivity index (χ1v) is 26.8. The van der Waals surface area contributed by atoms with E-state index in [9.17, 15) is 19.8 Å². The zero-order valence-corrected chi connectivity index (χ0v) is 43.7. The number of nitrogens with zero attached hydrogens (tertiary/aromatic N) is 9. The van der Waals surface area contributed by atoms with Gasteiger partial charge >= 0.3 is 0 Å². The minimum absolute atomic E-state index is 0.0111. The largest absolute Gasteiger partial charge is 0.507 e. The molecule has 5 N–H and O–H groups in total. The highest BCUT2D eigenvalue weighted by molar-refractivity contribution is 7.13. The number of para-hydroxylation sites is 1. The monoisotopic (exact) mass is 1060 g/mol. The average Bonchev–Trinajstić information content (AvgIpc) is 4.30. The minimum atomic E-state index is -0.843. The van der Waals surface area contributed by atoms with Gasteiger partial charge in [-0.25, -0.2) is 15.0 Å². The number of thiazole rings is 1. The van der Waals surface area contributed by atoms with Gasteiger partial charge in [0, 0.05) is 87.1 Å². The first kappa shape index (κ1) is 50.9. The molecule has 7 aromatic rings. The van der Waals surface area contributed by atoms with Crippen molar-refractivity contribution in [3.8, 4) is 56.8 Å². The van der Waals surface area contributed by atoms with Crippen molar-refractivity contribution in [3.05, 3.63) is 126 Å². The lowest BCUT2D eigenvalue weighted by atomic mass is 9.91. The number of nitrogens with one attached hydrogen (secondary N) is 1. The molecule has 0 radical (unpaired) electrons. The fourth-order valence-corrected chi connectivity index (χ4v) is 11.6. The Hall–Kier alpha value is -8.28. The number of hydrogen-bond donors (Lipinski definition) is 4. The summed E-state index contributed by atoms with van der Waals surface area (Å²) in [7, 11) is 0. The molecule has 8 heterocycles. The van der Waals surface area contributed by atoms with Crippen LogP contribution in [0.1, 0.15) is 74.6 Å². The molecule has 3 aliphatic heterocycles. The molecule has 2 bridgehead atoms. The summed E-state index contributed by atoms with van der Waals surface area (Å²) in [4.78, 5) is 48.3. The van der Waals surface area contributed by atoms with Crippen molar-refractivity contribution in [3.63, 3.8) is 0 Å². The molecule has 2 aromatic carbocycles. The zero-order valence-electron chi connectivity index (χ0n) is 42.9. The Kier molecular flexibility index (Phi) is 14.6. The van der Waals surface area contributed by atoms with Gasteiger partial charge in [-0.15, -0.1) is 21.5 Å². The summed E-state index contributed by atoms with van der Waals surface area (Å²) in [5.41, 5.74) is 14.8. The maximum Gasteiger partial charge on any atom is 0.255 e. The van der Waals surface area contributed by atoms with E-state index in [1.807, 2.05) is 93.1 Å². The number of phenols is 1. The van der Waals surface area contributed by atoms with Crippen LogP contribution in [0.3, 0.4) is 0 Å². The number of ether oxygens (including phenoxy) is 3. The highest BCUT2D eigenvalue weighted by Gasteiger charge is 2.44. The van der Waals surface area contributed by atoms with Crippen LogP contribution in [0.2, 0.25) is 0 Å². The van der Waals surface area contributed by atoms with Crippen LogP contribution < -0.4 is 35.1 Å². The Bertz CT molecular complexity index is 3290. The highest BCUT2D eigenvalue weighted by atomic mass is 32.1. The van der Waals surface area contributed by atoms with Gasteiger partial charge in [0.05, 0.1) is 39.8 Å². The first-order chi connectivity index (χ1) is 37.4. The molecule has 1 saturated carbocycles. The van der Waals surface area contributed by atoms with E-state index in [-0.39, 0.29) is 79.8 Å². The number of hydrogen-bond acceptors (Lipinski definition) is 18. The van der Waals surface area contributed by atoms with Gasteiger partial charge in [-0.1, -0.05) is 56.2 Å². The van der Waals surface area contributed by atoms with Crippen molar-refractivity contribution < 1.29 is 38.5 Å². The molecule has 19 nitrogen and oxygen atoms in total. The summed E-state index contributed by atoms with van der Waals surface area (Å²) in [6, 6.07) is 25.9. The van der Waals surface area contributed by atoms with Gasteiger partial charge in [-0.2, -0.15) is 0 Å². The number of piperazine rings is 1. The van der Waals surface area contributed by atoms with Gasteiger partial charge in [0.25, 0.3) is 5.88 Å². The number of benzene rings is 2. The third-order valence-corrected chi connectivity index (χ3v) is 15.7. The molecular weight excluding hydrogens is 999 g/mol. The number of carbonyl (C=O) groups excluding carboxylic acids is 2. The van der Waals surface area contributed by atoms with E-state index in [1.54, 1.807) is 41.8 Å². The van der Waals surface area contributed by atoms with E-state index in [2.05, 4.69) is 57.3 Å². The molecule has 0 spiro atoms. The van der Waals surface area contributed by atoms with Gasteiger partial charge in [0.15, 0.2) is 18.2 Å². The second-order valence-corrected chi connectivity index (χ2v) is 21.2. The van der Waals surface area contributed by atoms with Crippen LogP contribution in [0.15, 0.2) is 107 Å². The van der Waals surface area contributed by atoms with Crippen LogP contribution in [-0.4, -0.2) is 120 Å². The molecule has 3 saturated heterocycles. The zero-order chi connectivity index (χ0) is 53.2. The second kappa shape index (κ2) is 22.1. The van der Waals surface area contributed by atoms with E-state index < -0.39 is 18.1 Å². The number of aromatic hydroxyl groups is 1. The number of fused-ring (bicyclic) bond motifs is 2. The Morgan fingerprint density at radius 2 is 1.70 bits per heavy atom. The van der Waals surface area contributed by atoms with Crippen LogP contribution in [0, 0.1) is 24.7 Å². The average molecular weight is 1060 g/mol. The maximum atomic E-state index is 14.1. The quantitative estimate of drug-likeness (QED) is 0.0717. The first-order valence-electron chi connectivity index (χ1n) is 25.9. The predicted octanol–water partition coefficient (Wildman–Crippen LogP) is 6.94. The molecule has 4 fully saturated rings. The van der Waals surface area contributed by atoms with Gasteiger partial charge in [0.2, 0.25) is 17.7 Å². The summed E-state index contributed by atoms with van der Waals surface area (Å²) in [5, 5.41) is 36.6. The highest BCUT2D eigenvalue weighted by Crippen LogP contribution is 2.41. The Balaban J connectivity index is 0.623. The van der Waals surface area contributed by atoms with Crippen molar-refractivity contribution in [1.29, 1.82) is 0 Å². The summed E-state index contributed by atoms with van der Waals surface area (Å²) < 4.78 is 23.9. The number of aliphatic hydroxyl groups excluding tert-OH is 1. The minimum Gasteiger partial charge on any atom is -0.507 e. The van der Waals surface area contributed by atoms with E-state index >= 15 is 0 Å². The van der Waals surface area contributed by atoms with Gasteiger partial charge in [-0.05, 0) is 84.3 Å². The number of phenolic OH excluding ortho intramolecular Hbond substituents is 1. The molecule has 1 aliphatic carbocycles. The van der Waals surface area contributed by atoms with Crippen molar-refractivity contribution in [2.45, 2.75) is 102 Å². The van der Waals surface area contributed by atoms with Crippen molar-refractivity contribution in [2.24, 2.45) is 5.92 Å². The SMILES string of the molecule is Cc1ncsc1-c1ccc(CNC(=O)[C@@H]2C[C@@H](O)CN2C(=O)[C@@H](c2cc(OCC#Cc3ccc(OC4CC(Oc5cc(N6C7CCC6CN(c6cc(-c8ccccc8O)nnc6N)C7)ccn5)C4)cn3)no2)C(C)C)cc1. The molecule has 396 valence electrons. The van der Waals surface area contributed by atoms with Crippen LogP contribution in [0.25, 0.3) is 21.7 Å². The van der Waals surface area contributed by atoms with E-state index in [0.29, 0.717) is 53.0 Å². The molecule has 2 amide bonds. The lowest BCUT2D eigenvalue weighted by Gasteiger charge is -2.43. The van der Waals surface area contributed by atoms with Crippen LogP contribution in [0.4, 0.5) is 17.2 Å². The third-order valence-electron chi connectivity index (χ3n) is 14.7. The Morgan fingerprint density at radius 3 is 2.44 bits per heavy atom. The van der Waals surface area contributed by atoms with Gasteiger partial charge in [-0.3, -0.25) is 9.59 Å². The molecule has 5 aromatic heterocycles. The van der Waals surface area contributed by atoms with Gasteiger partial charge < -0.3 is 54.7 Å². The smallest absolute Gasteiger partial charge is 0.255 e. The molecular formula is C57H59N11O8S. The van der Waals surface area contributed by atoms with Crippen LogP contribution >= 0.6 is 11.3 Å². The van der Waals surface area contributed by atoms with Crippen molar-refractivity contribution in [2.75, 3.05) is 41.8 Å². The molecule has 4 aliphatic rings. The van der Waals surface area contributed by atoms with E-state index in [1.165, 1.54) is 4.90 Å². The predicted molar refractivity (Wildman–Crippen MR) is 288 cm³/mol. The van der Waals surface area contributed by atoms with Gasteiger partial charge in [0.1, 0.15) is 41.4 Å². The lowest BCUT2D eigenvalue weighted by molar-refractivity contribution is -0.141. The number of amides is 2. The molecule has 5 atom stereocenters.